The number of methoxy groups -OCH3 is 1. The number of benzene rings is 1. The number of halogens is 2. The first-order valence-corrected chi connectivity index (χ1v) is 6.45. The van der Waals surface area contributed by atoms with E-state index in [1.807, 2.05) is 0 Å². The van der Waals surface area contributed by atoms with E-state index in [1.165, 1.54) is 11.1 Å². The van der Waals surface area contributed by atoms with Crippen molar-refractivity contribution >= 4 is 11.8 Å². The number of Topliss-reactive ketones (excluding diaryl/α,β-unsaturated/α-hetero) is 1. The van der Waals surface area contributed by atoms with Crippen LogP contribution >= 0.6 is 0 Å². The average molecular weight is 313 g/mol. The molecule has 0 saturated carbocycles. The van der Waals surface area contributed by atoms with Crippen molar-refractivity contribution < 1.29 is 27.8 Å². The van der Waals surface area contributed by atoms with Crippen LogP contribution < -0.4 is 4.74 Å². The molecule has 0 aliphatic carbocycles. The molecule has 1 aromatic carbocycles. The zero-order valence-corrected chi connectivity index (χ0v) is 12.8. The number of hydrogen-bond acceptors (Lipinski definition) is 5. The highest BCUT2D eigenvalue weighted by atomic mass is 19.1. The van der Waals surface area contributed by atoms with E-state index >= 15 is 0 Å². The lowest BCUT2D eigenvalue weighted by molar-refractivity contribution is -0.138. The van der Waals surface area contributed by atoms with Crippen LogP contribution in [0.5, 0.6) is 5.75 Å². The van der Waals surface area contributed by atoms with Crippen LogP contribution in [0.25, 0.3) is 0 Å². The normalized spacial score (nSPS) is 11.1. The van der Waals surface area contributed by atoms with Crippen molar-refractivity contribution in [2.24, 2.45) is 0 Å². The summed E-state index contributed by atoms with van der Waals surface area (Å²) < 4.78 is 36.9. The molecule has 0 aliphatic rings. The number of carbonyl (C=O) groups is 2. The monoisotopic (exact) mass is 313 g/mol. The lowest BCUT2D eigenvalue weighted by Crippen LogP contribution is -2.20. The van der Waals surface area contributed by atoms with Gasteiger partial charge in [-0.2, -0.15) is 0 Å². The second kappa shape index (κ2) is 7.53. The zero-order valence-electron chi connectivity index (χ0n) is 12.8. The molecule has 0 radical (unpaired) electrons. The first-order chi connectivity index (χ1) is 10.3. The number of ketones is 1. The van der Waals surface area contributed by atoms with Gasteiger partial charge in [-0.05, 0) is 19.1 Å². The van der Waals surface area contributed by atoms with Crippen LogP contribution in [0, 0.1) is 11.6 Å². The molecule has 22 heavy (non-hydrogen) atoms. The predicted molar refractivity (Wildman–Crippen MR) is 75.6 cm³/mol. The van der Waals surface area contributed by atoms with Gasteiger partial charge in [-0.15, -0.1) is 0 Å². The van der Waals surface area contributed by atoms with Crippen molar-refractivity contribution in [3.63, 3.8) is 0 Å². The van der Waals surface area contributed by atoms with Gasteiger partial charge in [-0.3, -0.25) is 4.79 Å². The highest BCUT2D eigenvalue weighted by Crippen LogP contribution is 2.26. The van der Waals surface area contributed by atoms with Crippen LogP contribution in [0.4, 0.5) is 8.78 Å². The highest BCUT2D eigenvalue weighted by molar-refractivity contribution is 6.24. The van der Waals surface area contributed by atoms with E-state index in [4.69, 9.17) is 4.74 Å². The van der Waals surface area contributed by atoms with Crippen LogP contribution in [-0.4, -0.2) is 44.5 Å². The fraction of sp³-hybridized carbons (Fsp3) is 0.333. The molecule has 120 valence electrons. The molecule has 0 aromatic heterocycles. The van der Waals surface area contributed by atoms with E-state index in [1.54, 1.807) is 21.0 Å². The summed E-state index contributed by atoms with van der Waals surface area (Å²) in [5.41, 5.74) is -0.834. The lowest BCUT2D eigenvalue weighted by atomic mass is 10.0. The minimum absolute atomic E-state index is 0.0616. The first-order valence-electron chi connectivity index (χ1n) is 6.45. The third-order valence-electron chi connectivity index (χ3n) is 2.63. The summed E-state index contributed by atoms with van der Waals surface area (Å²) in [5.74, 6) is -4.59. The largest absolute Gasteiger partial charge is 0.491 e. The second-order valence-electron chi connectivity index (χ2n) is 4.50. The summed E-state index contributed by atoms with van der Waals surface area (Å²) in [7, 11) is 4.26. The fourth-order valence-electron chi connectivity index (χ4n) is 1.71. The molecule has 0 amide bonds. The molecule has 0 unspecified atom stereocenters. The Morgan fingerprint density at radius 1 is 1.27 bits per heavy atom. The molecule has 0 saturated heterocycles. The van der Waals surface area contributed by atoms with Crippen molar-refractivity contribution in [1.29, 1.82) is 0 Å². The van der Waals surface area contributed by atoms with Crippen molar-refractivity contribution in [1.82, 2.24) is 4.90 Å². The summed E-state index contributed by atoms with van der Waals surface area (Å²) >= 11 is 0. The Balaban J connectivity index is 3.35. The molecular formula is C15H17F2NO4. The minimum atomic E-state index is -1.17. The average Bonchev–Trinajstić information content (AvgIpc) is 2.44. The van der Waals surface area contributed by atoms with Crippen molar-refractivity contribution in [2.45, 2.75) is 6.92 Å². The SMILES string of the molecule is CCOC(=O)/C(=C\N(C)C)C(=O)c1ccc(F)c(OC)c1F. The van der Waals surface area contributed by atoms with Crippen molar-refractivity contribution in [2.75, 3.05) is 27.8 Å². The van der Waals surface area contributed by atoms with E-state index in [-0.39, 0.29) is 12.2 Å². The van der Waals surface area contributed by atoms with E-state index in [9.17, 15) is 18.4 Å². The Kier molecular flexibility index (Phi) is 6.03. The predicted octanol–water partition coefficient (Wildman–Crippen LogP) is 2.16. The summed E-state index contributed by atoms with van der Waals surface area (Å²) in [5, 5.41) is 0. The van der Waals surface area contributed by atoms with Crippen molar-refractivity contribution in [3.05, 3.63) is 41.1 Å². The maximum atomic E-state index is 14.2. The van der Waals surface area contributed by atoms with Crippen LogP contribution in [-0.2, 0) is 9.53 Å². The third kappa shape index (κ3) is 3.81. The van der Waals surface area contributed by atoms with Gasteiger partial charge in [0.25, 0.3) is 0 Å². The molecule has 1 aromatic rings. The van der Waals surface area contributed by atoms with Crippen LogP contribution in [0.1, 0.15) is 17.3 Å². The number of carbonyl (C=O) groups excluding carboxylic acids is 2. The van der Waals surface area contributed by atoms with Gasteiger partial charge in [0.05, 0.1) is 19.3 Å². The molecule has 0 fully saturated rings. The van der Waals surface area contributed by atoms with Gasteiger partial charge in [-0.25, -0.2) is 13.6 Å². The Hall–Kier alpha value is -2.44. The summed E-state index contributed by atoms with van der Waals surface area (Å²) in [6, 6.07) is 1.85. The van der Waals surface area contributed by atoms with Gasteiger partial charge in [-0.1, -0.05) is 0 Å². The molecular weight excluding hydrogens is 296 g/mol. The molecule has 7 heteroatoms. The van der Waals surface area contributed by atoms with Crippen molar-refractivity contribution in [3.8, 4) is 5.75 Å². The quantitative estimate of drug-likeness (QED) is 0.265. The Morgan fingerprint density at radius 3 is 2.41 bits per heavy atom. The summed E-state index contributed by atoms with van der Waals surface area (Å²) in [6.07, 6.45) is 1.22. The summed E-state index contributed by atoms with van der Waals surface area (Å²) in [6.45, 7) is 1.64. The number of nitrogens with zero attached hydrogens (tertiary/aromatic N) is 1. The Morgan fingerprint density at radius 2 is 1.91 bits per heavy atom. The second-order valence-corrected chi connectivity index (χ2v) is 4.50. The molecule has 1 rings (SSSR count). The lowest BCUT2D eigenvalue weighted by Gasteiger charge is -2.12. The molecule has 0 atom stereocenters. The topological polar surface area (TPSA) is 55.8 Å². The van der Waals surface area contributed by atoms with Crippen LogP contribution in [0.2, 0.25) is 0 Å². The van der Waals surface area contributed by atoms with Gasteiger partial charge in [0, 0.05) is 20.3 Å². The van der Waals surface area contributed by atoms with E-state index in [0.29, 0.717) is 0 Å². The number of rotatable bonds is 6. The third-order valence-corrected chi connectivity index (χ3v) is 2.63. The van der Waals surface area contributed by atoms with Gasteiger partial charge >= 0.3 is 5.97 Å². The van der Waals surface area contributed by atoms with E-state index in [0.717, 1.165) is 19.2 Å². The first kappa shape index (κ1) is 17.6. The standard InChI is InChI=1S/C15H17F2NO4/c1-5-22-15(20)10(8-18(2)3)13(19)9-6-7-11(16)14(21-4)12(9)17/h6-8H,5H2,1-4H3/b10-8-. The highest BCUT2D eigenvalue weighted by Gasteiger charge is 2.26. The number of esters is 1. The van der Waals surface area contributed by atoms with E-state index < -0.39 is 34.7 Å². The number of hydrogen-bond donors (Lipinski definition) is 0. The Labute approximate surface area is 127 Å². The van der Waals surface area contributed by atoms with Gasteiger partial charge in [0.1, 0.15) is 5.57 Å². The molecule has 0 N–H and O–H groups in total. The Bertz CT molecular complexity index is 612. The van der Waals surface area contributed by atoms with Gasteiger partial charge in [0.15, 0.2) is 17.4 Å². The van der Waals surface area contributed by atoms with Crippen LogP contribution in [0.15, 0.2) is 23.9 Å². The molecule has 0 heterocycles. The van der Waals surface area contributed by atoms with E-state index in [2.05, 4.69) is 4.74 Å². The zero-order chi connectivity index (χ0) is 16.9. The van der Waals surface area contributed by atoms with Gasteiger partial charge in [0.2, 0.25) is 5.78 Å². The van der Waals surface area contributed by atoms with Gasteiger partial charge < -0.3 is 14.4 Å². The smallest absolute Gasteiger partial charge is 0.343 e. The minimum Gasteiger partial charge on any atom is -0.491 e. The molecule has 0 bridgehead atoms. The molecule has 5 nitrogen and oxygen atoms in total. The maximum absolute atomic E-state index is 14.2. The fourth-order valence-corrected chi connectivity index (χ4v) is 1.71. The summed E-state index contributed by atoms with van der Waals surface area (Å²) in [4.78, 5) is 25.7. The molecule has 0 spiro atoms. The molecule has 0 aliphatic heterocycles. The maximum Gasteiger partial charge on any atom is 0.343 e. The number of ether oxygens (including phenoxy) is 2. The van der Waals surface area contributed by atoms with Crippen LogP contribution in [0.3, 0.4) is 0 Å².